The van der Waals surface area contributed by atoms with Gasteiger partial charge in [0.05, 0.1) is 26.3 Å². The van der Waals surface area contributed by atoms with Gasteiger partial charge in [0.2, 0.25) is 6.79 Å². The zero-order chi connectivity index (χ0) is 24.6. The predicted molar refractivity (Wildman–Crippen MR) is 137 cm³/mol. The molecule has 0 radical (unpaired) electrons. The number of fused-ring (bicyclic) bond motifs is 4. The van der Waals surface area contributed by atoms with Gasteiger partial charge in [-0.05, 0) is 59.5 Å². The number of nitrogens with one attached hydrogen (secondary N) is 2. The molecule has 7 nitrogen and oxygen atoms in total. The van der Waals surface area contributed by atoms with E-state index in [-0.39, 0.29) is 18.6 Å². The van der Waals surface area contributed by atoms with Crippen molar-refractivity contribution in [3.63, 3.8) is 0 Å². The van der Waals surface area contributed by atoms with Gasteiger partial charge >= 0.3 is 0 Å². The summed E-state index contributed by atoms with van der Waals surface area (Å²) in [6.07, 6.45) is 4.02. The molecule has 3 aromatic carbocycles. The van der Waals surface area contributed by atoms with Crippen LogP contribution in [0.2, 0.25) is 0 Å². The van der Waals surface area contributed by atoms with Crippen molar-refractivity contribution in [1.82, 2.24) is 10.3 Å². The number of ketones is 1. The smallest absolute Gasteiger partial charge is 0.231 e. The van der Waals surface area contributed by atoms with Crippen LogP contribution in [0.3, 0.4) is 0 Å². The first-order valence-electron chi connectivity index (χ1n) is 11.8. The van der Waals surface area contributed by atoms with Gasteiger partial charge in [-0.3, -0.25) is 10.1 Å². The van der Waals surface area contributed by atoms with Gasteiger partial charge in [0.25, 0.3) is 0 Å². The third kappa shape index (κ3) is 3.97. The molecule has 2 aliphatic heterocycles. The monoisotopic (exact) mass is 482 g/mol. The van der Waals surface area contributed by atoms with Gasteiger partial charge in [0, 0.05) is 22.7 Å². The number of carbonyl (C=O) groups is 1. The number of para-hydroxylation sites is 1. The van der Waals surface area contributed by atoms with E-state index in [1.54, 1.807) is 32.4 Å². The highest BCUT2D eigenvalue weighted by atomic mass is 16.7. The lowest BCUT2D eigenvalue weighted by atomic mass is 9.88. The number of benzene rings is 3. The second-order valence-electron chi connectivity index (χ2n) is 8.91. The first kappa shape index (κ1) is 22.2. The zero-order valence-corrected chi connectivity index (χ0v) is 20.0. The van der Waals surface area contributed by atoms with Gasteiger partial charge in [-0.2, -0.15) is 0 Å². The van der Waals surface area contributed by atoms with E-state index in [0.29, 0.717) is 23.7 Å². The molecule has 0 saturated carbocycles. The summed E-state index contributed by atoms with van der Waals surface area (Å²) in [5.41, 5.74) is 5.12. The fourth-order valence-corrected chi connectivity index (χ4v) is 4.99. The predicted octanol–water partition coefficient (Wildman–Crippen LogP) is 4.80. The summed E-state index contributed by atoms with van der Waals surface area (Å²) < 4.78 is 21.8. The zero-order valence-electron chi connectivity index (χ0n) is 20.0. The standard InChI is InChI=1S/C29H26N2O5/c1-33-19-11-17(12-20(14-19)34-2)7-9-25(32)24-15-22-21-5-3-4-6-23(21)30-29(22)28(31-24)18-8-10-26-27(13-18)36-16-35-26/h3-14,24,28,30-31H,15-16H2,1-2H3. The third-order valence-corrected chi connectivity index (χ3v) is 6.80. The van der Waals surface area contributed by atoms with Crippen molar-refractivity contribution in [2.75, 3.05) is 21.0 Å². The van der Waals surface area contributed by atoms with Crippen molar-refractivity contribution in [2.24, 2.45) is 0 Å². The minimum absolute atomic E-state index is 0.00142. The van der Waals surface area contributed by atoms with Crippen molar-refractivity contribution >= 4 is 22.8 Å². The Hall–Kier alpha value is -4.23. The third-order valence-electron chi connectivity index (χ3n) is 6.80. The van der Waals surface area contributed by atoms with E-state index >= 15 is 0 Å². The van der Waals surface area contributed by atoms with Crippen LogP contribution in [-0.2, 0) is 11.2 Å². The van der Waals surface area contributed by atoms with Crippen LogP contribution in [0.4, 0.5) is 0 Å². The fraction of sp³-hybridized carbons (Fsp3) is 0.207. The van der Waals surface area contributed by atoms with E-state index in [0.717, 1.165) is 39.0 Å². The average Bonchev–Trinajstić information content (AvgIpc) is 3.55. The Balaban J connectivity index is 1.35. The molecule has 4 aromatic rings. The highest BCUT2D eigenvalue weighted by molar-refractivity contribution is 5.99. The van der Waals surface area contributed by atoms with Crippen LogP contribution in [0, 0.1) is 0 Å². The van der Waals surface area contributed by atoms with E-state index in [2.05, 4.69) is 22.4 Å². The van der Waals surface area contributed by atoms with Crippen molar-refractivity contribution in [3.8, 4) is 23.0 Å². The molecule has 0 saturated heterocycles. The lowest BCUT2D eigenvalue weighted by Crippen LogP contribution is -2.44. The maximum atomic E-state index is 13.4. The molecule has 0 spiro atoms. The fourth-order valence-electron chi connectivity index (χ4n) is 4.99. The van der Waals surface area contributed by atoms with Gasteiger partial charge in [0.1, 0.15) is 11.5 Å². The Morgan fingerprint density at radius 1 is 0.972 bits per heavy atom. The van der Waals surface area contributed by atoms with Crippen molar-refractivity contribution < 1.29 is 23.7 Å². The molecule has 2 aliphatic rings. The number of H-pyrrole nitrogens is 1. The van der Waals surface area contributed by atoms with Crippen molar-refractivity contribution in [1.29, 1.82) is 0 Å². The summed E-state index contributed by atoms with van der Waals surface area (Å²) in [5.74, 6) is 2.79. The summed E-state index contributed by atoms with van der Waals surface area (Å²) in [5, 5.41) is 4.72. The van der Waals surface area contributed by atoms with E-state index in [1.807, 2.05) is 42.5 Å². The SMILES string of the molecule is COc1cc(C=CC(=O)C2Cc3c([nH]c4ccccc34)C(c3ccc4c(c3)OCO4)N2)cc(OC)c1. The summed E-state index contributed by atoms with van der Waals surface area (Å²) in [6, 6.07) is 19.1. The van der Waals surface area contributed by atoms with Crippen molar-refractivity contribution in [2.45, 2.75) is 18.5 Å². The summed E-state index contributed by atoms with van der Waals surface area (Å²) in [6.45, 7) is 0.218. The number of ether oxygens (including phenoxy) is 4. The van der Waals surface area contributed by atoms with Crippen LogP contribution in [0.5, 0.6) is 23.0 Å². The quantitative estimate of drug-likeness (QED) is 0.384. The number of aromatic amines is 1. The first-order valence-corrected chi connectivity index (χ1v) is 11.8. The highest BCUT2D eigenvalue weighted by Gasteiger charge is 2.33. The van der Waals surface area contributed by atoms with Gasteiger partial charge in [-0.1, -0.05) is 30.3 Å². The minimum atomic E-state index is -0.393. The largest absolute Gasteiger partial charge is 0.497 e. The topological polar surface area (TPSA) is 81.8 Å². The average molecular weight is 483 g/mol. The molecule has 0 bridgehead atoms. The normalized spacial score (nSPS) is 18.4. The maximum absolute atomic E-state index is 13.4. The molecule has 2 atom stereocenters. The number of aromatic nitrogens is 1. The van der Waals surface area contributed by atoms with Gasteiger partial charge in [-0.25, -0.2) is 0 Å². The van der Waals surface area contributed by atoms with E-state index < -0.39 is 6.04 Å². The molecule has 7 heteroatoms. The summed E-state index contributed by atoms with van der Waals surface area (Å²) in [7, 11) is 3.21. The number of hydrogen-bond acceptors (Lipinski definition) is 6. The number of hydrogen-bond donors (Lipinski definition) is 2. The Morgan fingerprint density at radius 2 is 1.75 bits per heavy atom. The van der Waals surface area contributed by atoms with Crippen LogP contribution in [-0.4, -0.2) is 37.8 Å². The molecule has 182 valence electrons. The van der Waals surface area contributed by atoms with Crippen molar-refractivity contribution in [3.05, 3.63) is 89.1 Å². The van der Waals surface area contributed by atoms with E-state index in [4.69, 9.17) is 18.9 Å². The lowest BCUT2D eigenvalue weighted by molar-refractivity contribution is -0.116. The highest BCUT2D eigenvalue weighted by Crippen LogP contribution is 2.39. The summed E-state index contributed by atoms with van der Waals surface area (Å²) >= 11 is 0. The Bertz CT molecular complexity index is 1470. The van der Waals surface area contributed by atoms with Crippen LogP contribution >= 0.6 is 0 Å². The number of methoxy groups -OCH3 is 2. The Kier molecular flexibility index (Phi) is 5.62. The molecular formula is C29H26N2O5. The molecule has 6 rings (SSSR count). The molecule has 0 aliphatic carbocycles. The molecular weight excluding hydrogens is 456 g/mol. The van der Waals surface area contributed by atoms with Crippen LogP contribution in [0.1, 0.15) is 28.4 Å². The second kappa shape index (κ2) is 9.09. The Labute approximate surface area is 208 Å². The van der Waals surface area contributed by atoms with Crippen LogP contribution in [0.25, 0.3) is 17.0 Å². The van der Waals surface area contributed by atoms with E-state index in [1.165, 1.54) is 0 Å². The van der Waals surface area contributed by atoms with Crippen LogP contribution < -0.4 is 24.3 Å². The van der Waals surface area contributed by atoms with Gasteiger partial charge in [-0.15, -0.1) is 0 Å². The second-order valence-corrected chi connectivity index (χ2v) is 8.91. The molecule has 1 aromatic heterocycles. The Morgan fingerprint density at radius 3 is 2.56 bits per heavy atom. The molecule has 2 N–H and O–H groups in total. The molecule has 0 amide bonds. The molecule has 2 unspecified atom stereocenters. The van der Waals surface area contributed by atoms with Gasteiger partial charge < -0.3 is 23.9 Å². The first-order chi connectivity index (χ1) is 17.6. The number of carbonyl (C=O) groups excluding carboxylic acids is 1. The molecule has 36 heavy (non-hydrogen) atoms. The lowest BCUT2D eigenvalue weighted by Gasteiger charge is -2.30. The summed E-state index contributed by atoms with van der Waals surface area (Å²) in [4.78, 5) is 17.0. The molecule has 0 fully saturated rings. The minimum Gasteiger partial charge on any atom is -0.497 e. The molecule has 3 heterocycles. The van der Waals surface area contributed by atoms with Gasteiger partial charge in [0.15, 0.2) is 17.3 Å². The number of rotatable bonds is 6. The van der Waals surface area contributed by atoms with Crippen LogP contribution in [0.15, 0.2) is 66.7 Å². The maximum Gasteiger partial charge on any atom is 0.231 e. The van der Waals surface area contributed by atoms with E-state index in [9.17, 15) is 4.79 Å².